The van der Waals surface area contributed by atoms with Crippen LogP contribution in [-0.2, 0) is 6.54 Å². The van der Waals surface area contributed by atoms with Crippen LogP contribution in [0.5, 0.6) is 0 Å². The fourth-order valence-electron chi connectivity index (χ4n) is 3.38. The van der Waals surface area contributed by atoms with Gasteiger partial charge in [0.25, 0.3) is 0 Å². The third-order valence-electron chi connectivity index (χ3n) is 4.17. The summed E-state index contributed by atoms with van der Waals surface area (Å²) in [4.78, 5) is 2.61. The van der Waals surface area contributed by atoms with Gasteiger partial charge in [0.15, 0.2) is 0 Å². The lowest BCUT2D eigenvalue weighted by Gasteiger charge is -2.45. The van der Waals surface area contributed by atoms with Gasteiger partial charge in [0.2, 0.25) is 0 Å². The second-order valence-corrected chi connectivity index (χ2v) is 5.58. The summed E-state index contributed by atoms with van der Waals surface area (Å²) in [6.45, 7) is 2.30. The van der Waals surface area contributed by atoms with Gasteiger partial charge in [0, 0.05) is 23.7 Å². The van der Waals surface area contributed by atoms with Crippen molar-refractivity contribution in [2.45, 2.75) is 37.9 Å². The van der Waals surface area contributed by atoms with Crippen LogP contribution in [0.2, 0.25) is 5.02 Å². The summed E-state index contributed by atoms with van der Waals surface area (Å²) < 4.78 is 0. The van der Waals surface area contributed by atoms with Crippen molar-refractivity contribution in [3.8, 4) is 0 Å². The van der Waals surface area contributed by atoms with Crippen LogP contribution < -0.4 is 5.32 Å². The number of nitrogens with one attached hydrogen (secondary N) is 1. The molecular formula is C14H19ClN2. The smallest absolute Gasteiger partial charge is 0.0479 e. The van der Waals surface area contributed by atoms with E-state index < -0.39 is 0 Å². The lowest BCUT2D eigenvalue weighted by atomic mass is 9.84. The Labute approximate surface area is 108 Å². The number of likely N-dealkylation sites (N-methyl/N-ethyl adjacent to an activating group) is 1. The number of fused-ring (bicyclic) bond motifs is 2. The van der Waals surface area contributed by atoms with Gasteiger partial charge >= 0.3 is 0 Å². The van der Waals surface area contributed by atoms with Gasteiger partial charge in [-0.1, -0.05) is 24.1 Å². The van der Waals surface area contributed by atoms with E-state index in [0.717, 1.165) is 11.6 Å². The van der Waals surface area contributed by atoms with E-state index in [1.165, 1.54) is 36.9 Å². The van der Waals surface area contributed by atoms with Crippen LogP contribution in [0.4, 0.5) is 0 Å². The quantitative estimate of drug-likeness (QED) is 0.825. The number of halogens is 1. The Hall–Kier alpha value is -0.570. The van der Waals surface area contributed by atoms with Gasteiger partial charge in [-0.2, -0.15) is 0 Å². The molecule has 0 aliphatic carbocycles. The maximum Gasteiger partial charge on any atom is 0.0479 e. The average molecular weight is 251 g/mol. The van der Waals surface area contributed by atoms with Gasteiger partial charge < -0.3 is 5.32 Å². The Morgan fingerprint density at radius 1 is 1.35 bits per heavy atom. The van der Waals surface area contributed by atoms with Crippen LogP contribution >= 0.6 is 11.6 Å². The molecule has 2 heterocycles. The average Bonchev–Trinajstić information content (AvgIpc) is 2.35. The highest BCUT2D eigenvalue weighted by Gasteiger charge is 2.35. The molecule has 1 aromatic rings. The van der Waals surface area contributed by atoms with E-state index in [-0.39, 0.29) is 0 Å². The molecule has 3 heteroatoms. The molecule has 1 saturated heterocycles. The van der Waals surface area contributed by atoms with Crippen LogP contribution in [0.25, 0.3) is 0 Å². The monoisotopic (exact) mass is 250 g/mol. The first-order chi connectivity index (χ1) is 8.29. The van der Waals surface area contributed by atoms with Crippen molar-refractivity contribution in [1.29, 1.82) is 0 Å². The molecule has 2 nitrogen and oxygen atoms in total. The van der Waals surface area contributed by atoms with Gasteiger partial charge in [-0.15, -0.1) is 0 Å². The molecule has 2 atom stereocenters. The summed E-state index contributed by atoms with van der Waals surface area (Å²) in [6.07, 6.45) is 4.01. The number of nitrogens with zero attached hydrogens (tertiary/aromatic N) is 1. The molecule has 92 valence electrons. The lowest BCUT2D eigenvalue weighted by Crippen LogP contribution is -2.49. The van der Waals surface area contributed by atoms with Crippen molar-refractivity contribution in [2.24, 2.45) is 0 Å². The molecule has 1 fully saturated rings. The maximum atomic E-state index is 6.10. The Kier molecular flexibility index (Phi) is 3.12. The second kappa shape index (κ2) is 4.60. The fourth-order valence-corrected chi connectivity index (χ4v) is 3.57. The minimum absolute atomic E-state index is 0.469. The first-order valence-electron chi connectivity index (χ1n) is 6.49. The van der Waals surface area contributed by atoms with E-state index in [1.807, 2.05) is 6.07 Å². The van der Waals surface area contributed by atoms with E-state index >= 15 is 0 Å². The van der Waals surface area contributed by atoms with Crippen molar-refractivity contribution in [1.82, 2.24) is 10.2 Å². The number of hydrogen-bond donors (Lipinski definition) is 1. The minimum atomic E-state index is 0.469. The molecule has 2 aliphatic heterocycles. The summed E-state index contributed by atoms with van der Waals surface area (Å²) >= 11 is 6.10. The molecule has 0 aromatic heterocycles. The zero-order chi connectivity index (χ0) is 11.8. The summed E-state index contributed by atoms with van der Waals surface area (Å²) in [7, 11) is 2.07. The van der Waals surface area contributed by atoms with E-state index in [2.05, 4.69) is 29.4 Å². The van der Waals surface area contributed by atoms with Crippen molar-refractivity contribution in [3.05, 3.63) is 34.3 Å². The predicted molar refractivity (Wildman–Crippen MR) is 71.3 cm³/mol. The lowest BCUT2D eigenvalue weighted by molar-refractivity contribution is 0.0945. The second-order valence-electron chi connectivity index (χ2n) is 5.14. The van der Waals surface area contributed by atoms with Crippen LogP contribution in [-0.4, -0.2) is 24.5 Å². The normalized spacial score (nSPS) is 28.6. The van der Waals surface area contributed by atoms with Crippen molar-refractivity contribution < 1.29 is 0 Å². The molecule has 0 unspecified atom stereocenters. The Morgan fingerprint density at radius 3 is 3.06 bits per heavy atom. The first-order valence-corrected chi connectivity index (χ1v) is 6.87. The van der Waals surface area contributed by atoms with Crippen molar-refractivity contribution in [3.63, 3.8) is 0 Å². The highest BCUT2D eigenvalue weighted by molar-refractivity contribution is 6.30. The molecule has 0 spiro atoms. The Morgan fingerprint density at radius 2 is 2.24 bits per heavy atom. The van der Waals surface area contributed by atoms with Gasteiger partial charge in [0.1, 0.15) is 0 Å². The van der Waals surface area contributed by atoms with Crippen molar-refractivity contribution in [2.75, 3.05) is 13.6 Å². The topological polar surface area (TPSA) is 15.3 Å². The molecule has 2 aliphatic rings. The zero-order valence-electron chi connectivity index (χ0n) is 10.2. The van der Waals surface area contributed by atoms with E-state index in [1.54, 1.807) is 0 Å². The molecule has 17 heavy (non-hydrogen) atoms. The summed E-state index contributed by atoms with van der Waals surface area (Å²) in [5.41, 5.74) is 2.84. The molecule has 0 saturated carbocycles. The molecule has 0 amide bonds. The third kappa shape index (κ3) is 1.99. The number of rotatable bonds is 1. The van der Waals surface area contributed by atoms with E-state index in [9.17, 15) is 0 Å². The highest BCUT2D eigenvalue weighted by Crippen LogP contribution is 2.37. The van der Waals surface area contributed by atoms with Crippen LogP contribution in [0.3, 0.4) is 0 Å². The molecule has 1 N–H and O–H groups in total. The van der Waals surface area contributed by atoms with E-state index in [0.29, 0.717) is 12.1 Å². The molecule has 3 rings (SSSR count). The van der Waals surface area contributed by atoms with Crippen molar-refractivity contribution >= 4 is 11.6 Å². The van der Waals surface area contributed by atoms with Gasteiger partial charge in [0.05, 0.1) is 0 Å². The molecule has 0 bridgehead atoms. The Bertz CT molecular complexity index is 419. The van der Waals surface area contributed by atoms with E-state index in [4.69, 9.17) is 11.6 Å². The summed E-state index contributed by atoms with van der Waals surface area (Å²) in [5.74, 6) is 0. The van der Waals surface area contributed by atoms with Crippen LogP contribution in [0.1, 0.15) is 36.4 Å². The minimum Gasteiger partial charge on any atom is -0.312 e. The SMILES string of the molecule is CN[C@H]1c2ccc(Cl)cc2CN2CCCC[C@@H]12. The molecule has 1 aromatic carbocycles. The van der Waals surface area contributed by atoms with Gasteiger partial charge in [-0.25, -0.2) is 0 Å². The number of piperidine rings is 1. The van der Waals surface area contributed by atoms with Crippen LogP contribution in [0, 0.1) is 0 Å². The predicted octanol–water partition coefficient (Wildman–Crippen LogP) is 2.97. The number of hydrogen-bond acceptors (Lipinski definition) is 2. The maximum absolute atomic E-state index is 6.10. The third-order valence-corrected chi connectivity index (χ3v) is 4.41. The number of benzene rings is 1. The largest absolute Gasteiger partial charge is 0.312 e. The van der Waals surface area contributed by atoms with Crippen LogP contribution in [0.15, 0.2) is 18.2 Å². The zero-order valence-corrected chi connectivity index (χ0v) is 11.0. The summed E-state index contributed by atoms with van der Waals surface area (Å²) in [6, 6.07) is 7.48. The molecule has 0 radical (unpaired) electrons. The highest BCUT2D eigenvalue weighted by atomic mass is 35.5. The first kappa shape index (κ1) is 11.5. The summed E-state index contributed by atoms with van der Waals surface area (Å²) in [5, 5.41) is 4.35. The molecular weight excluding hydrogens is 232 g/mol. The Balaban J connectivity index is 2.01. The fraction of sp³-hybridized carbons (Fsp3) is 0.571. The van der Waals surface area contributed by atoms with Gasteiger partial charge in [-0.3, -0.25) is 4.90 Å². The standard InChI is InChI=1S/C14H19ClN2/c1-16-14-12-6-5-11(15)8-10(12)9-17-7-3-2-4-13(14)17/h5-6,8,13-14,16H,2-4,7,9H2,1H3/t13-,14-/m0/s1. The van der Waals surface area contributed by atoms with Gasteiger partial charge in [-0.05, 0) is 49.7 Å².